The monoisotopic (exact) mass is 341 g/mol. The number of sulfonamides is 1. The minimum atomic E-state index is -3.66. The Labute approximate surface area is 140 Å². The lowest BCUT2D eigenvalue weighted by atomic mass is 10.1. The van der Waals surface area contributed by atoms with E-state index in [9.17, 15) is 8.42 Å². The normalized spacial score (nSPS) is 13.2. The summed E-state index contributed by atoms with van der Waals surface area (Å²) < 4.78 is 37.7. The van der Waals surface area contributed by atoms with Gasteiger partial charge in [-0.1, -0.05) is 30.3 Å². The Morgan fingerprint density at radius 3 is 2.46 bits per heavy atom. The number of rotatable bonds is 3. The van der Waals surface area contributed by atoms with Crippen LogP contribution in [-0.2, 0) is 10.0 Å². The highest BCUT2D eigenvalue weighted by molar-refractivity contribution is 7.92. The summed E-state index contributed by atoms with van der Waals surface area (Å²) >= 11 is 0. The molecule has 0 N–H and O–H groups in total. The second-order valence-corrected chi connectivity index (χ2v) is 7.49. The van der Waals surface area contributed by atoms with Crippen molar-refractivity contribution < 1.29 is 17.9 Å². The van der Waals surface area contributed by atoms with E-state index in [1.807, 2.05) is 30.3 Å². The molecule has 1 aliphatic heterocycles. The van der Waals surface area contributed by atoms with Crippen LogP contribution in [0.5, 0.6) is 11.5 Å². The average Bonchev–Trinajstić information content (AvgIpc) is 3.08. The highest BCUT2D eigenvalue weighted by atomic mass is 32.2. The SMILES string of the molecule is CN(c1ccc2c(c1)OCO2)S(=O)(=O)c1ccc2ccccc2c1. The van der Waals surface area contributed by atoms with Gasteiger partial charge < -0.3 is 9.47 Å². The van der Waals surface area contributed by atoms with Crippen molar-refractivity contribution in [3.63, 3.8) is 0 Å². The van der Waals surface area contributed by atoms with Crippen LogP contribution in [0.3, 0.4) is 0 Å². The summed E-state index contributed by atoms with van der Waals surface area (Å²) in [6, 6.07) is 17.9. The molecule has 6 heteroatoms. The average molecular weight is 341 g/mol. The lowest BCUT2D eigenvalue weighted by Crippen LogP contribution is -2.26. The summed E-state index contributed by atoms with van der Waals surface area (Å²) in [5.74, 6) is 1.17. The Morgan fingerprint density at radius 1 is 0.875 bits per heavy atom. The Kier molecular flexibility index (Phi) is 3.35. The summed E-state index contributed by atoms with van der Waals surface area (Å²) in [4.78, 5) is 0.251. The first kappa shape index (κ1) is 14.8. The minimum Gasteiger partial charge on any atom is -0.454 e. The van der Waals surface area contributed by atoms with Gasteiger partial charge in [-0.05, 0) is 35.0 Å². The molecule has 0 atom stereocenters. The van der Waals surface area contributed by atoms with Crippen LogP contribution in [0, 0.1) is 0 Å². The maximum atomic E-state index is 12.9. The molecule has 122 valence electrons. The molecule has 3 aromatic rings. The van der Waals surface area contributed by atoms with Crippen LogP contribution in [0.25, 0.3) is 10.8 Å². The molecule has 0 spiro atoms. The molecule has 0 amide bonds. The van der Waals surface area contributed by atoms with E-state index < -0.39 is 10.0 Å². The van der Waals surface area contributed by atoms with Crippen molar-refractivity contribution in [3.05, 3.63) is 60.7 Å². The van der Waals surface area contributed by atoms with E-state index in [1.54, 1.807) is 30.3 Å². The van der Waals surface area contributed by atoms with Crippen LogP contribution in [0.2, 0.25) is 0 Å². The largest absolute Gasteiger partial charge is 0.454 e. The highest BCUT2D eigenvalue weighted by Crippen LogP contribution is 2.36. The van der Waals surface area contributed by atoms with Gasteiger partial charge in [0.15, 0.2) is 11.5 Å². The number of anilines is 1. The number of fused-ring (bicyclic) bond motifs is 2. The molecule has 0 aromatic heterocycles. The van der Waals surface area contributed by atoms with Crippen LogP contribution < -0.4 is 13.8 Å². The van der Waals surface area contributed by atoms with E-state index in [0.29, 0.717) is 17.2 Å². The van der Waals surface area contributed by atoms with Crippen LogP contribution in [-0.4, -0.2) is 22.3 Å². The first-order valence-electron chi connectivity index (χ1n) is 7.43. The number of hydrogen-bond donors (Lipinski definition) is 0. The molecule has 0 aliphatic carbocycles. The van der Waals surface area contributed by atoms with Gasteiger partial charge in [0, 0.05) is 13.1 Å². The second-order valence-electron chi connectivity index (χ2n) is 5.52. The lowest BCUT2D eigenvalue weighted by Gasteiger charge is -2.20. The summed E-state index contributed by atoms with van der Waals surface area (Å²) in [6.07, 6.45) is 0. The molecule has 0 radical (unpaired) electrons. The Hall–Kier alpha value is -2.73. The zero-order valence-corrected chi connectivity index (χ0v) is 13.8. The van der Waals surface area contributed by atoms with Crippen molar-refractivity contribution in [1.82, 2.24) is 0 Å². The molecule has 3 aromatic carbocycles. The molecule has 5 nitrogen and oxygen atoms in total. The summed E-state index contributed by atoms with van der Waals surface area (Å²) in [5.41, 5.74) is 0.521. The number of benzene rings is 3. The fourth-order valence-corrected chi connectivity index (χ4v) is 3.93. The Bertz CT molecular complexity index is 1030. The van der Waals surface area contributed by atoms with Crippen LogP contribution in [0.1, 0.15) is 0 Å². The minimum absolute atomic E-state index is 0.153. The lowest BCUT2D eigenvalue weighted by molar-refractivity contribution is 0.174. The summed E-state index contributed by atoms with van der Waals surface area (Å²) in [6.45, 7) is 0.153. The third kappa shape index (κ3) is 2.35. The van der Waals surface area contributed by atoms with Gasteiger partial charge in [-0.2, -0.15) is 0 Å². The van der Waals surface area contributed by atoms with Crippen molar-refractivity contribution in [3.8, 4) is 11.5 Å². The topological polar surface area (TPSA) is 55.8 Å². The first-order chi connectivity index (χ1) is 11.6. The molecule has 1 aliphatic rings. The number of hydrogen-bond acceptors (Lipinski definition) is 4. The quantitative estimate of drug-likeness (QED) is 0.733. The highest BCUT2D eigenvalue weighted by Gasteiger charge is 2.23. The molecular weight excluding hydrogens is 326 g/mol. The van der Waals surface area contributed by atoms with Crippen LogP contribution in [0.4, 0.5) is 5.69 Å². The smallest absolute Gasteiger partial charge is 0.264 e. The zero-order chi connectivity index (χ0) is 16.7. The van der Waals surface area contributed by atoms with E-state index in [1.165, 1.54) is 11.4 Å². The van der Waals surface area contributed by atoms with Gasteiger partial charge in [0.2, 0.25) is 6.79 Å². The van der Waals surface area contributed by atoms with Gasteiger partial charge in [-0.25, -0.2) is 8.42 Å². The van der Waals surface area contributed by atoms with Gasteiger partial charge in [-0.15, -0.1) is 0 Å². The molecule has 1 heterocycles. The Balaban J connectivity index is 1.75. The maximum absolute atomic E-state index is 12.9. The fourth-order valence-electron chi connectivity index (χ4n) is 2.71. The van der Waals surface area contributed by atoms with Gasteiger partial charge in [0.25, 0.3) is 10.0 Å². The number of ether oxygens (including phenoxy) is 2. The van der Waals surface area contributed by atoms with Gasteiger partial charge >= 0.3 is 0 Å². The van der Waals surface area contributed by atoms with Crippen LogP contribution in [0.15, 0.2) is 65.6 Å². The molecule has 0 saturated carbocycles. The molecule has 24 heavy (non-hydrogen) atoms. The fraction of sp³-hybridized carbons (Fsp3) is 0.111. The standard InChI is InChI=1S/C18H15NO4S/c1-19(15-7-9-17-18(11-15)23-12-22-17)24(20,21)16-8-6-13-4-2-3-5-14(13)10-16/h2-11H,12H2,1H3. The van der Waals surface area contributed by atoms with Crippen LogP contribution >= 0.6 is 0 Å². The van der Waals surface area contributed by atoms with Crippen molar-refractivity contribution in [2.24, 2.45) is 0 Å². The molecular formula is C18H15NO4S. The van der Waals surface area contributed by atoms with E-state index in [4.69, 9.17) is 9.47 Å². The van der Waals surface area contributed by atoms with Crippen molar-refractivity contribution in [2.45, 2.75) is 4.90 Å². The summed E-state index contributed by atoms with van der Waals surface area (Å²) in [7, 11) is -2.13. The third-order valence-corrected chi connectivity index (χ3v) is 5.88. The first-order valence-corrected chi connectivity index (χ1v) is 8.87. The third-order valence-electron chi connectivity index (χ3n) is 4.10. The molecule has 4 rings (SSSR count). The van der Waals surface area contributed by atoms with Crippen molar-refractivity contribution in [1.29, 1.82) is 0 Å². The molecule has 0 bridgehead atoms. The van der Waals surface area contributed by atoms with Gasteiger partial charge in [0.05, 0.1) is 10.6 Å². The maximum Gasteiger partial charge on any atom is 0.264 e. The van der Waals surface area contributed by atoms with Gasteiger partial charge in [0.1, 0.15) is 0 Å². The Morgan fingerprint density at radius 2 is 1.62 bits per heavy atom. The molecule has 0 saturated heterocycles. The van der Waals surface area contributed by atoms with E-state index in [2.05, 4.69) is 0 Å². The van der Waals surface area contributed by atoms with Gasteiger partial charge in [-0.3, -0.25) is 4.31 Å². The number of nitrogens with zero attached hydrogens (tertiary/aromatic N) is 1. The summed E-state index contributed by atoms with van der Waals surface area (Å²) in [5, 5.41) is 1.89. The van der Waals surface area contributed by atoms with Crippen molar-refractivity contribution in [2.75, 3.05) is 18.1 Å². The second kappa shape index (κ2) is 5.42. The van der Waals surface area contributed by atoms with E-state index >= 15 is 0 Å². The van der Waals surface area contributed by atoms with E-state index in [0.717, 1.165) is 10.8 Å². The van der Waals surface area contributed by atoms with E-state index in [-0.39, 0.29) is 11.7 Å². The molecule has 0 fully saturated rings. The molecule has 0 unspecified atom stereocenters. The predicted octanol–water partition coefficient (Wildman–Crippen LogP) is 3.39. The zero-order valence-electron chi connectivity index (χ0n) is 13.0. The van der Waals surface area contributed by atoms with Crippen molar-refractivity contribution >= 4 is 26.5 Å². The predicted molar refractivity (Wildman–Crippen MR) is 92.1 cm³/mol.